The van der Waals surface area contributed by atoms with E-state index in [0.717, 1.165) is 10.9 Å². The number of benzene rings is 1. The first-order valence-corrected chi connectivity index (χ1v) is 13.3. The molecule has 3 aromatic rings. The van der Waals surface area contributed by atoms with Crippen LogP contribution in [0.5, 0.6) is 0 Å². The fourth-order valence-corrected chi connectivity index (χ4v) is 4.34. The maximum absolute atomic E-state index is 13.4. The molecule has 0 aliphatic rings. The molecule has 0 radical (unpaired) electrons. The molecular formula is C27H33N7O9. The summed E-state index contributed by atoms with van der Waals surface area (Å²) in [5.74, 6) is -6.53. The number of carbonyl (C=O) groups is 6. The van der Waals surface area contributed by atoms with Crippen LogP contribution in [0.15, 0.2) is 43.0 Å². The highest BCUT2D eigenvalue weighted by atomic mass is 16.4. The fourth-order valence-electron chi connectivity index (χ4n) is 4.34. The van der Waals surface area contributed by atoms with Gasteiger partial charge in [-0.15, -0.1) is 0 Å². The summed E-state index contributed by atoms with van der Waals surface area (Å²) < 4.78 is 0. The number of para-hydroxylation sites is 1. The SMILES string of the molecule is NC(Cc1cnc[nH]1)C(=O)NC(CCC(=O)O)C(=O)NC(Cc1c[nH]c2ccccc12)C(=O)NC(CCC(=O)O)C(=O)O. The van der Waals surface area contributed by atoms with Crippen molar-refractivity contribution >= 4 is 46.5 Å². The van der Waals surface area contributed by atoms with Crippen LogP contribution in [0, 0.1) is 0 Å². The molecule has 2 heterocycles. The molecule has 1 aromatic carbocycles. The van der Waals surface area contributed by atoms with Crippen molar-refractivity contribution < 1.29 is 44.1 Å². The van der Waals surface area contributed by atoms with Crippen molar-refractivity contribution in [2.75, 3.05) is 0 Å². The molecule has 4 unspecified atom stereocenters. The minimum absolute atomic E-state index is 0.0532. The number of nitrogens with two attached hydrogens (primary N) is 1. The van der Waals surface area contributed by atoms with Gasteiger partial charge in [-0.2, -0.15) is 0 Å². The van der Waals surface area contributed by atoms with Gasteiger partial charge in [-0.1, -0.05) is 18.2 Å². The minimum Gasteiger partial charge on any atom is -0.481 e. The van der Waals surface area contributed by atoms with E-state index < -0.39 is 79.1 Å². The highest BCUT2D eigenvalue weighted by molar-refractivity contribution is 5.95. The van der Waals surface area contributed by atoms with Gasteiger partial charge in [-0.05, 0) is 24.5 Å². The average molecular weight is 600 g/mol. The predicted molar refractivity (Wildman–Crippen MR) is 149 cm³/mol. The zero-order valence-corrected chi connectivity index (χ0v) is 22.9. The molecule has 3 amide bonds. The number of aromatic amines is 2. The summed E-state index contributed by atoms with van der Waals surface area (Å²) in [4.78, 5) is 83.2. The van der Waals surface area contributed by atoms with Gasteiger partial charge < -0.3 is 47.0 Å². The van der Waals surface area contributed by atoms with E-state index in [1.807, 2.05) is 0 Å². The largest absolute Gasteiger partial charge is 0.481 e. The van der Waals surface area contributed by atoms with Crippen LogP contribution in [0.25, 0.3) is 10.9 Å². The number of carboxylic acids is 3. The molecule has 0 spiro atoms. The first-order valence-electron chi connectivity index (χ1n) is 13.3. The highest BCUT2D eigenvalue weighted by Crippen LogP contribution is 2.19. The van der Waals surface area contributed by atoms with Gasteiger partial charge in [0, 0.05) is 54.7 Å². The average Bonchev–Trinajstić information content (AvgIpc) is 3.62. The van der Waals surface area contributed by atoms with E-state index >= 15 is 0 Å². The van der Waals surface area contributed by atoms with Gasteiger partial charge in [0.1, 0.15) is 18.1 Å². The normalized spacial score (nSPS) is 13.8. The Hall–Kier alpha value is -5.25. The van der Waals surface area contributed by atoms with E-state index in [1.54, 1.807) is 30.5 Å². The van der Waals surface area contributed by atoms with Crippen molar-refractivity contribution in [2.24, 2.45) is 5.73 Å². The van der Waals surface area contributed by atoms with Crippen molar-refractivity contribution in [3.63, 3.8) is 0 Å². The number of carbonyl (C=O) groups excluding carboxylic acids is 3. The topological polar surface area (TPSA) is 270 Å². The Morgan fingerprint density at radius 3 is 2.02 bits per heavy atom. The number of aromatic nitrogens is 3. The third-order valence-corrected chi connectivity index (χ3v) is 6.60. The maximum Gasteiger partial charge on any atom is 0.326 e. The van der Waals surface area contributed by atoms with E-state index in [1.165, 1.54) is 12.5 Å². The molecule has 2 aromatic heterocycles. The number of amides is 3. The standard InChI is InChI=1S/C27H33N7O9/c28-17(10-15-12-29-13-31-15)24(39)32-19(5-7-22(35)36)25(40)34-21(9-14-11-30-18-4-2-1-3-16(14)18)26(41)33-20(27(42)43)6-8-23(37)38/h1-4,11-13,17,19-21,30H,5-10,28H2,(H,29,31)(H,32,39)(H,33,41)(H,34,40)(H,35,36)(H,37,38)(H,42,43). The number of carboxylic acid groups (broad SMARTS) is 3. The number of fused-ring (bicyclic) bond motifs is 1. The fraction of sp³-hybridized carbons (Fsp3) is 0.370. The summed E-state index contributed by atoms with van der Waals surface area (Å²) in [6.45, 7) is 0. The summed E-state index contributed by atoms with van der Waals surface area (Å²) in [7, 11) is 0. The van der Waals surface area contributed by atoms with E-state index in [-0.39, 0.29) is 19.3 Å². The lowest BCUT2D eigenvalue weighted by Gasteiger charge is -2.25. The van der Waals surface area contributed by atoms with Gasteiger partial charge in [-0.25, -0.2) is 9.78 Å². The molecule has 0 bridgehead atoms. The molecule has 0 saturated carbocycles. The molecule has 0 aliphatic carbocycles. The first kappa shape index (κ1) is 32.3. The molecule has 3 rings (SSSR count). The minimum atomic E-state index is -1.56. The third kappa shape index (κ3) is 9.67. The number of hydrogen-bond acceptors (Lipinski definition) is 8. The Morgan fingerprint density at radius 1 is 0.791 bits per heavy atom. The quantitative estimate of drug-likeness (QED) is 0.0933. The van der Waals surface area contributed by atoms with Crippen LogP contribution >= 0.6 is 0 Å². The van der Waals surface area contributed by atoms with E-state index in [0.29, 0.717) is 11.3 Å². The summed E-state index contributed by atoms with van der Waals surface area (Å²) in [6.07, 6.45) is 2.66. The van der Waals surface area contributed by atoms with Gasteiger partial charge in [0.2, 0.25) is 17.7 Å². The van der Waals surface area contributed by atoms with Crippen LogP contribution in [0.1, 0.15) is 36.9 Å². The molecule has 43 heavy (non-hydrogen) atoms. The van der Waals surface area contributed by atoms with Gasteiger partial charge in [0.05, 0.1) is 12.4 Å². The van der Waals surface area contributed by atoms with Crippen LogP contribution in [-0.2, 0) is 41.6 Å². The number of aliphatic carboxylic acids is 3. The van der Waals surface area contributed by atoms with Crippen molar-refractivity contribution in [1.82, 2.24) is 30.9 Å². The summed E-state index contributed by atoms with van der Waals surface area (Å²) in [5.41, 5.74) is 7.86. The molecule has 4 atom stereocenters. The summed E-state index contributed by atoms with van der Waals surface area (Å²) in [6, 6.07) is 1.67. The second-order valence-corrected chi connectivity index (χ2v) is 9.84. The molecular weight excluding hydrogens is 566 g/mol. The monoisotopic (exact) mass is 599 g/mol. The maximum atomic E-state index is 13.4. The Bertz CT molecular complexity index is 1450. The molecule has 230 valence electrons. The van der Waals surface area contributed by atoms with Crippen molar-refractivity contribution in [1.29, 1.82) is 0 Å². The predicted octanol–water partition coefficient (Wildman–Crippen LogP) is -0.728. The van der Waals surface area contributed by atoms with Crippen molar-refractivity contribution in [3.8, 4) is 0 Å². The van der Waals surface area contributed by atoms with Gasteiger partial charge >= 0.3 is 17.9 Å². The number of imidazole rings is 1. The Morgan fingerprint density at radius 2 is 1.40 bits per heavy atom. The number of rotatable bonds is 17. The Balaban J connectivity index is 1.83. The lowest BCUT2D eigenvalue weighted by atomic mass is 10.0. The van der Waals surface area contributed by atoms with Crippen molar-refractivity contribution in [3.05, 3.63) is 54.2 Å². The molecule has 0 saturated heterocycles. The van der Waals surface area contributed by atoms with Gasteiger partial charge in [-0.3, -0.25) is 24.0 Å². The zero-order chi connectivity index (χ0) is 31.5. The van der Waals surface area contributed by atoms with Crippen LogP contribution in [0.2, 0.25) is 0 Å². The lowest BCUT2D eigenvalue weighted by Crippen LogP contribution is -2.57. The molecule has 0 aliphatic heterocycles. The number of H-pyrrole nitrogens is 2. The van der Waals surface area contributed by atoms with Crippen molar-refractivity contribution in [2.45, 2.75) is 62.7 Å². The second-order valence-electron chi connectivity index (χ2n) is 9.84. The molecule has 16 heteroatoms. The summed E-state index contributed by atoms with van der Waals surface area (Å²) >= 11 is 0. The van der Waals surface area contributed by atoms with E-state index in [9.17, 15) is 39.0 Å². The van der Waals surface area contributed by atoms with Gasteiger partial charge in [0.15, 0.2) is 0 Å². The second kappa shape index (κ2) is 15.1. The first-order chi connectivity index (χ1) is 20.4. The third-order valence-electron chi connectivity index (χ3n) is 6.60. The Kier molecular flexibility index (Phi) is 11.3. The Labute approximate surface area is 244 Å². The molecule has 0 fully saturated rings. The zero-order valence-electron chi connectivity index (χ0n) is 22.9. The summed E-state index contributed by atoms with van der Waals surface area (Å²) in [5, 5.41) is 35.6. The number of hydrogen-bond donors (Lipinski definition) is 9. The molecule has 10 N–H and O–H groups in total. The van der Waals surface area contributed by atoms with Crippen LogP contribution in [0.4, 0.5) is 0 Å². The number of nitrogens with zero attached hydrogens (tertiary/aromatic N) is 1. The van der Waals surface area contributed by atoms with E-state index in [2.05, 4.69) is 30.9 Å². The lowest BCUT2D eigenvalue weighted by molar-refractivity contribution is -0.143. The molecule has 16 nitrogen and oxygen atoms in total. The van der Waals surface area contributed by atoms with Crippen LogP contribution in [0.3, 0.4) is 0 Å². The smallest absolute Gasteiger partial charge is 0.326 e. The van der Waals surface area contributed by atoms with Crippen LogP contribution < -0.4 is 21.7 Å². The van der Waals surface area contributed by atoms with Crippen LogP contribution in [-0.4, -0.2) is 90.1 Å². The highest BCUT2D eigenvalue weighted by Gasteiger charge is 2.31. The number of nitrogens with one attached hydrogen (secondary N) is 5. The van der Waals surface area contributed by atoms with E-state index in [4.69, 9.17) is 10.8 Å². The van der Waals surface area contributed by atoms with Gasteiger partial charge in [0.25, 0.3) is 0 Å².